The molecule has 0 aliphatic carbocycles. The molecule has 1 heterocycles. The van der Waals surface area contributed by atoms with E-state index in [1.165, 1.54) is 0 Å². The number of nitrogens with zero attached hydrogens (tertiary/aromatic N) is 2. The van der Waals surface area contributed by atoms with Gasteiger partial charge in [-0.1, -0.05) is 15.9 Å². The molecule has 1 amide bonds. The van der Waals surface area contributed by atoms with E-state index in [1.807, 2.05) is 25.0 Å². The van der Waals surface area contributed by atoms with Crippen LogP contribution in [0.25, 0.3) is 0 Å². The molecule has 2 atom stereocenters. The number of rotatable bonds is 6. The van der Waals surface area contributed by atoms with Crippen molar-refractivity contribution in [1.29, 1.82) is 0 Å². The number of likely N-dealkylation sites (tertiary alicyclic amines) is 1. The van der Waals surface area contributed by atoms with Crippen LogP contribution in [0.3, 0.4) is 0 Å². The van der Waals surface area contributed by atoms with Gasteiger partial charge >= 0.3 is 0 Å². The van der Waals surface area contributed by atoms with Crippen molar-refractivity contribution in [2.75, 3.05) is 19.0 Å². The minimum absolute atomic E-state index is 0.0129. The summed E-state index contributed by atoms with van der Waals surface area (Å²) in [5.74, 6) is 0.0728. The zero-order valence-corrected chi connectivity index (χ0v) is 11.6. The molecule has 0 N–H and O–H groups in total. The maximum atomic E-state index is 11.7. The monoisotopic (exact) mass is 290 g/mol. The maximum absolute atomic E-state index is 11.7. The molecule has 0 unspecified atom stereocenters. The van der Waals surface area contributed by atoms with Crippen LogP contribution in [0.15, 0.2) is 4.99 Å². The summed E-state index contributed by atoms with van der Waals surface area (Å²) in [7, 11) is 1.57. The van der Waals surface area contributed by atoms with Gasteiger partial charge in [0.1, 0.15) is 6.04 Å². The van der Waals surface area contributed by atoms with E-state index in [4.69, 9.17) is 4.74 Å². The molecule has 16 heavy (non-hydrogen) atoms. The predicted molar refractivity (Wildman–Crippen MR) is 68.3 cm³/mol. The van der Waals surface area contributed by atoms with Gasteiger partial charge in [-0.05, 0) is 20.3 Å². The van der Waals surface area contributed by atoms with E-state index in [1.54, 1.807) is 7.11 Å². The topological polar surface area (TPSA) is 41.9 Å². The Labute approximate surface area is 105 Å². The number of halogens is 1. The molecule has 0 aromatic carbocycles. The van der Waals surface area contributed by atoms with Crippen molar-refractivity contribution in [2.24, 2.45) is 4.99 Å². The Kier molecular flexibility index (Phi) is 5.41. The lowest BCUT2D eigenvalue weighted by Crippen LogP contribution is -2.66. The molecular formula is C11H19BrN2O2. The van der Waals surface area contributed by atoms with Gasteiger partial charge in [-0.15, -0.1) is 0 Å². The van der Waals surface area contributed by atoms with E-state index in [0.29, 0.717) is 0 Å². The maximum Gasteiger partial charge on any atom is 0.254 e. The van der Waals surface area contributed by atoms with Crippen LogP contribution in [0.1, 0.15) is 20.3 Å². The molecule has 92 valence electrons. The molecule has 0 aromatic rings. The summed E-state index contributed by atoms with van der Waals surface area (Å²) in [5, 5.41) is 0.905. The van der Waals surface area contributed by atoms with E-state index in [2.05, 4.69) is 20.9 Å². The normalized spacial score (nSPS) is 25.6. The van der Waals surface area contributed by atoms with Gasteiger partial charge in [0, 0.05) is 31.2 Å². The Bertz CT molecular complexity index is 269. The van der Waals surface area contributed by atoms with Crippen molar-refractivity contribution in [3.63, 3.8) is 0 Å². The highest BCUT2D eigenvalue weighted by Crippen LogP contribution is 2.21. The van der Waals surface area contributed by atoms with Crippen molar-refractivity contribution >= 4 is 28.1 Å². The van der Waals surface area contributed by atoms with E-state index >= 15 is 0 Å². The van der Waals surface area contributed by atoms with E-state index in [-0.39, 0.29) is 24.1 Å². The summed E-state index contributed by atoms with van der Waals surface area (Å²) >= 11 is 3.36. The van der Waals surface area contributed by atoms with Crippen LogP contribution in [0.2, 0.25) is 0 Å². The van der Waals surface area contributed by atoms with Crippen LogP contribution in [-0.4, -0.2) is 54.2 Å². The highest BCUT2D eigenvalue weighted by Gasteiger charge is 2.46. The van der Waals surface area contributed by atoms with Crippen molar-refractivity contribution in [3.05, 3.63) is 0 Å². The first kappa shape index (κ1) is 13.6. The molecular weight excluding hydrogens is 272 g/mol. The fourth-order valence-corrected chi connectivity index (χ4v) is 1.94. The first-order valence-corrected chi connectivity index (χ1v) is 6.66. The van der Waals surface area contributed by atoms with Crippen LogP contribution in [0.5, 0.6) is 0 Å². The van der Waals surface area contributed by atoms with Crippen LogP contribution in [-0.2, 0) is 9.53 Å². The molecule has 5 heteroatoms. The van der Waals surface area contributed by atoms with Crippen molar-refractivity contribution < 1.29 is 9.53 Å². The van der Waals surface area contributed by atoms with Gasteiger partial charge in [0.15, 0.2) is 6.10 Å². The zero-order valence-electron chi connectivity index (χ0n) is 10.0. The number of methoxy groups -OCH3 is 1. The summed E-state index contributed by atoms with van der Waals surface area (Å²) in [6.45, 7) is 4.79. The minimum atomic E-state index is -0.335. The molecule has 4 nitrogen and oxygen atoms in total. The van der Waals surface area contributed by atoms with Gasteiger partial charge in [-0.2, -0.15) is 0 Å². The molecule has 1 rings (SSSR count). The average Bonchev–Trinajstić information content (AvgIpc) is 2.24. The number of alkyl halides is 1. The van der Waals surface area contributed by atoms with E-state index in [0.717, 1.165) is 18.3 Å². The molecule has 0 saturated carbocycles. The van der Waals surface area contributed by atoms with E-state index < -0.39 is 0 Å². The first-order chi connectivity index (χ1) is 7.61. The van der Waals surface area contributed by atoms with Crippen LogP contribution < -0.4 is 0 Å². The third kappa shape index (κ3) is 3.04. The van der Waals surface area contributed by atoms with Crippen molar-refractivity contribution in [2.45, 2.75) is 38.5 Å². The summed E-state index contributed by atoms with van der Waals surface area (Å²) < 4.78 is 5.16. The van der Waals surface area contributed by atoms with Gasteiger partial charge in [-0.3, -0.25) is 9.79 Å². The molecule has 0 bridgehead atoms. The molecule has 0 radical (unpaired) electrons. The standard InChI is InChI=1S/C11H19BrN2O2/c1-8(2)13-7-9-10(16-3)11(15)14(9)6-4-5-12/h7-10H,4-6H2,1-3H3/t9-,10+/m0/s1. The molecule has 1 aliphatic heterocycles. The fraction of sp³-hybridized carbons (Fsp3) is 0.818. The second-order valence-corrected chi connectivity index (χ2v) is 4.91. The number of hydrogen-bond acceptors (Lipinski definition) is 3. The minimum Gasteiger partial charge on any atom is -0.369 e. The molecule has 0 spiro atoms. The predicted octanol–water partition coefficient (Wildman–Crippen LogP) is 1.48. The lowest BCUT2D eigenvalue weighted by molar-refractivity contribution is -0.163. The Morgan fingerprint density at radius 3 is 2.81 bits per heavy atom. The second kappa shape index (κ2) is 6.35. The number of ether oxygens (including phenoxy) is 1. The van der Waals surface area contributed by atoms with Crippen LogP contribution in [0.4, 0.5) is 0 Å². The average molecular weight is 291 g/mol. The quantitative estimate of drug-likeness (QED) is 0.422. The Morgan fingerprint density at radius 2 is 2.31 bits per heavy atom. The van der Waals surface area contributed by atoms with Crippen molar-refractivity contribution in [3.8, 4) is 0 Å². The molecule has 1 fully saturated rings. The smallest absolute Gasteiger partial charge is 0.254 e. The Balaban J connectivity index is 2.58. The number of carbonyl (C=O) groups excluding carboxylic acids is 1. The molecule has 1 aliphatic rings. The summed E-state index contributed by atoms with van der Waals surface area (Å²) in [5.41, 5.74) is 0. The SMILES string of the molecule is CO[C@H]1C(=O)N(CCCBr)[C@H]1C=NC(C)C. The Morgan fingerprint density at radius 1 is 1.62 bits per heavy atom. The highest BCUT2D eigenvalue weighted by atomic mass is 79.9. The fourth-order valence-electron chi connectivity index (χ4n) is 1.69. The number of amides is 1. The Hall–Kier alpha value is -0.420. The number of β-lactam (4-membered cyclic amide) rings is 1. The third-order valence-corrected chi connectivity index (χ3v) is 3.08. The summed E-state index contributed by atoms with van der Waals surface area (Å²) in [6, 6.07) is 0.269. The van der Waals surface area contributed by atoms with Crippen molar-refractivity contribution in [1.82, 2.24) is 4.90 Å². The lowest BCUT2D eigenvalue weighted by Gasteiger charge is -2.44. The molecule has 1 saturated heterocycles. The number of hydrogen-bond donors (Lipinski definition) is 0. The number of carbonyl (C=O) groups is 1. The van der Waals surface area contributed by atoms with E-state index in [9.17, 15) is 4.79 Å². The van der Waals surface area contributed by atoms with Crippen LogP contribution >= 0.6 is 15.9 Å². The summed E-state index contributed by atoms with van der Waals surface area (Å²) in [6.07, 6.45) is 2.46. The summed E-state index contributed by atoms with van der Waals surface area (Å²) in [4.78, 5) is 17.8. The number of aliphatic imine (C=N–C) groups is 1. The van der Waals surface area contributed by atoms with Gasteiger partial charge in [0.25, 0.3) is 5.91 Å². The van der Waals surface area contributed by atoms with Gasteiger partial charge in [-0.25, -0.2) is 0 Å². The zero-order chi connectivity index (χ0) is 12.1. The first-order valence-electron chi connectivity index (χ1n) is 5.54. The highest BCUT2D eigenvalue weighted by molar-refractivity contribution is 9.09. The second-order valence-electron chi connectivity index (χ2n) is 4.11. The molecule has 0 aromatic heterocycles. The van der Waals surface area contributed by atoms with Gasteiger partial charge < -0.3 is 9.64 Å². The van der Waals surface area contributed by atoms with Gasteiger partial charge in [0.2, 0.25) is 0 Å². The van der Waals surface area contributed by atoms with Gasteiger partial charge in [0.05, 0.1) is 0 Å². The largest absolute Gasteiger partial charge is 0.369 e. The van der Waals surface area contributed by atoms with Crippen LogP contribution in [0, 0.1) is 0 Å². The lowest BCUT2D eigenvalue weighted by atomic mass is 9.98. The third-order valence-electron chi connectivity index (χ3n) is 2.52.